The van der Waals surface area contributed by atoms with E-state index in [4.69, 9.17) is 23.2 Å². The molecule has 0 radical (unpaired) electrons. The highest BCUT2D eigenvalue weighted by atomic mass is 35.5. The number of nitrogens with zero attached hydrogens (tertiary/aromatic N) is 1. The predicted molar refractivity (Wildman–Crippen MR) is 66.6 cm³/mol. The number of amides is 1. The molecule has 90 valence electrons. The van der Waals surface area contributed by atoms with Gasteiger partial charge in [-0.1, -0.05) is 23.2 Å². The molecule has 1 amide bonds. The molecule has 17 heavy (non-hydrogen) atoms. The van der Waals surface area contributed by atoms with Gasteiger partial charge in [-0.05, 0) is 18.2 Å². The van der Waals surface area contributed by atoms with E-state index in [1.54, 1.807) is 23.1 Å². The predicted octanol–water partition coefficient (Wildman–Crippen LogP) is 2.80. The Morgan fingerprint density at radius 1 is 1.12 bits per heavy atom. The Kier molecular flexibility index (Phi) is 3.69. The number of hydrogen-bond acceptors (Lipinski definition) is 2. The lowest BCUT2D eigenvalue weighted by atomic mass is 10.1. The van der Waals surface area contributed by atoms with E-state index in [2.05, 4.69) is 0 Å². The van der Waals surface area contributed by atoms with Crippen molar-refractivity contribution in [3.63, 3.8) is 0 Å². The van der Waals surface area contributed by atoms with Crippen LogP contribution in [-0.2, 0) is 4.79 Å². The minimum Gasteiger partial charge on any atom is -0.338 e. The van der Waals surface area contributed by atoms with Crippen molar-refractivity contribution in [1.82, 2.24) is 4.90 Å². The maximum Gasteiger partial charge on any atom is 0.253 e. The minimum atomic E-state index is -0.101. The van der Waals surface area contributed by atoms with E-state index in [1.807, 2.05) is 0 Å². The molecule has 0 unspecified atom stereocenters. The third-order valence-corrected chi connectivity index (χ3v) is 3.51. The summed E-state index contributed by atoms with van der Waals surface area (Å²) in [5.74, 6) is 0.110. The molecular formula is C12H11Cl2NO2. The summed E-state index contributed by atoms with van der Waals surface area (Å²) in [6.45, 7) is 0.968. The molecule has 1 heterocycles. The van der Waals surface area contributed by atoms with Gasteiger partial charge in [-0.3, -0.25) is 9.59 Å². The zero-order chi connectivity index (χ0) is 12.4. The highest BCUT2D eigenvalue weighted by molar-refractivity contribution is 6.42. The first-order chi connectivity index (χ1) is 8.08. The Morgan fingerprint density at radius 2 is 1.76 bits per heavy atom. The lowest BCUT2D eigenvalue weighted by Crippen LogP contribution is -2.38. The maximum atomic E-state index is 12.1. The normalized spacial score (nSPS) is 16.1. The summed E-state index contributed by atoms with van der Waals surface area (Å²) in [6.07, 6.45) is 0.875. The van der Waals surface area contributed by atoms with Gasteiger partial charge in [0.05, 0.1) is 10.0 Å². The zero-order valence-electron chi connectivity index (χ0n) is 9.08. The van der Waals surface area contributed by atoms with Crippen molar-refractivity contribution in [3.8, 4) is 0 Å². The molecule has 0 bridgehead atoms. The van der Waals surface area contributed by atoms with Crippen LogP contribution in [0.5, 0.6) is 0 Å². The largest absolute Gasteiger partial charge is 0.338 e. The van der Waals surface area contributed by atoms with Crippen molar-refractivity contribution in [1.29, 1.82) is 0 Å². The molecule has 0 saturated carbocycles. The van der Waals surface area contributed by atoms with Gasteiger partial charge in [-0.25, -0.2) is 0 Å². The summed E-state index contributed by atoms with van der Waals surface area (Å²) in [4.78, 5) is 24.8. The van der Waals surface area contributed by atoms with Crippen molar-refractivity contribution < 1.29 is 9.59 Å². The van der Waals surface area contributed by atoms with Crippen molar-refractivity contribution in [2.24, 2.45) is 0 Å². The molecule has 0 N–H and O–H groups in total. The third kappa shape index (κ3) is 2.79. The van der Waals surface area contributed by atoms with Crippen LogP contribution in [0.25, 0.3) is 0 Å². The Morgan fingerprint density at radius 3 is 2.35 bits per heavy atom. The van der Waals surface area contributed by atoms with E-state index < -0.39 is 0 Å². The molecule has 2 rings (SSSR count). The smallest absolute Gasteiger partial charge is 0.253 e. The first-order valence-electron chi connectivity index (χ1n) is 5.34. The van der Waals surface area contributed by atoms with Gasteiger partial charge in [0.25, 0.3) is 5.91 Å². The highest BCUT2D eigenvalue weighted by Crippen LogP contribution is 2.23. The molecule has 0 aliphatic carbocycles. The number of likely N-dealkylation sites (tertiary alicyclic amines) is 1. The average molecular weight is 272 g/mol. The van der Waals surface area contributed by atoms with Crippen molar-refractivity contribution in [2.75, 3.05) is 13.1 Å². The average Bonchev–Trinajstić information content (AvgIpc) is 2.33. The molecule has 0 atom stereocenters. The summed E-state index contributed by atoms with van der Waals surface area (Å²) in [7, 11) is 0. The van der Waals surface area contributed by atoms with Crippen LogP contribution in [0.1, 0.15) is 23.2 Å². The summed E-state index contributed by atoms with van der Waals surface area (Å²) >= 11 is 11.7. The second-order valence-electron chi connectivity index (χ2n) is 3.96. The van der Waals surface area contributed by atoms with Crippen molar-refractivity contribution in [3.05, 3.63) is 33.8 Å². The molecule has 1 saturated heterocycles. The molecule has 1 aromatic rings. The number of ketones is 1. The Hall–Kier alpha value is -1.06. The number of halogens is 2. The Balaban J connectivity index is 2.14. The fourth-order valence-electron chi connectivity index (χ4n) is 1.77. The van der Waals surface area contributed by atoms with Gasteiger partial charge in [0.1, 0.15) is 5.78 Å². The molecule has 1 aromatic carbocycles. The number of hydrogen-bond donors (Lipinski definition) is 0. The monoisotopic (exact) mass is 271 g/mol. The molecule has 1 fully saturated rings. The number of piperidine rings is 1. The van der Waals surface area contributed by atoms with Crippen molar-refractivity contribution >= 4 is 34.9 Å². The summed E-state index contributed by atoms with van der Waals surface area (Å²) in [5, 5.41) is 0.794. The second-order valence-corrected chi connectivity index (χ2v) is 4.77. The molecule has 0 spiro atoms. The van der Waals surface area contributed by atoms with Crippen LogP contribution < -0.4 is 0 Å². The van der Waals surface area contributed by atoms with Gasteiger partial charge in [0.15, 0.2) is 0 Å². The second kappa shape index (κ2) is 5.07. The van der Waals surface area contributed by atoms with Crippen LogP contribution in [0.15, 0.2) is 18.2 Å². The van der Waals surface area contributed by atoms with E-state index in [-0.39, 0.29) is 11.7 Å². The number of rotatable bonds is 1. The van der Waals surface area contributed by atoms with Crippen LogP contribution in [0.3, 0.4) is 0 Å². The number of benzene rings is 1. The van der Waals surface area contributed by atoms with Gasteiger partial charge < -0.3 is 4.90 Å². The topological polar surface area (TPSA) is 37.4 Å². The molecule has 1 aliphatic heterocycles. The van der Waals surface area contributed by atoms with Gasteiger partial charge in [0, 0.05) is 31.5 Å². The van der Waals surface area contributed by atoms with Crippen LogP contribution in [-0.4, -0.2) is 29.7 Å². The van der Waals surface area contributed by atoms with Crippen LogP contribution in [0.2, 0.25) is 10.0 Å². The van der Waals surface area contributed by atoms with Gasteiger partial charge in [0.2, 0.25) is 0 Å². The summed E-state index contributed by atoms with van der Waals surface area (Å²) < 4.78 is 0. The first kappa shape index (κ1) is 12.4. The molecule has 1 aliphatic rings. The van der Waals surface area contributed by atoms with E-state index in [0.29, 0.717) is 41.5 Å². The van der Waals surface area contributed by atoms with Crippen molar-refractivity contribution in [2.45, 2.75) is 12.8 Å². The Bertz CT molecular complexity index is 464. The van der Waals surface area contributed by atoms with E-state index >= 15 is 0 Å². The number of carbonyl (C=O) groups is 2. The SMILES string of the molecule is O=C1CCN(C(=O)c2ccc(Cl)c(Cl)c2)CC1. The first-order valence-corrected chi connectivity index (χ1v) is 6.09. The summed E-state index contributed by atoms with van der Waals surface area (Å²) in [6, 6.07) is 4.81. The maximum absolute atomic E-state index is 12.1. The van der Waals surface area contributed by atoms with Gasteiger partial charge in [-0.2, -0.15) is 0 Å². The lowest BCUT2D eigenvalue weighted by molar-refractivity contribution is -0.120. The van der Waals surface area contributed by atoms with Crippen LogP contribution >= 0.6 is 23.2 Å². The quantitative estimate of drug-likeness (QED) is 0.788. The highest BCUT2D eigenvalue weighted by Gasteiger charge is 2.22. The molecule has 3 nitrogen and oxygen atoms in total. The Labute approximate surface area is 109 Å². The lowest BCUT2D eigenvalue weighted by Gasteiger charge is -2.26. The van der Waals surface area contributed by atoms with E-state index in [0.717, 1.165) is 0 Å². The fraction of sp³-hybridized carbons (Fsp3) is 0.333. The van der Waals surface area contributed by atoms with E-state index in [1.165, 1.54) is 0 Å². The number of carbonyl (C=O) groups excluding carboxylic acids is 2. The molecule has 0 aromatic heterocycles. The fourth-order valence-corrected chi connectivity index (χ4v) is 2.07. The van der Waals surface area contributed by atoms with E-state index in [9.17, 15) is 9.59 Å². The summed E-state index contributed by atoms with van der Waals surface area (Å²) in [5.41, 5.74) is 0.508. The standard InChI is InChI=1S/C12H11Cl2NO2/c13-10-2-1-8(7-11(10)14)12(17)15-5-3-9(16)4-6-15/h1-2,7H,3-6H2. The minimum absolute atomic E-state index is 0.101. The third-order valence-electron chi connectivity index (χ3n) is 2.77. The zero-order valence-corrected chi connectivity index (χ0v) is 10.6. The van der Waals surface area contributed by atoms with Crippen LogP contribution in [0, 0.1) is 0 Å². The molecular weight excluding hydrogens is 261 g/mol. The van der Waals surface area contributed by atoms with Gasteiger partial charge >= 0.3 is 0 Å². The van der Waals surface area contributed by atoms with Gasteiger partial charge in [-0.15, -0.1) is 0 Å². The number of Topliss-reactive ketones (excluding diaryl/α,β-unsaturated/α-hetero) is 1. The van der Waals surface area contributed by atoms with Crippen LogP contribution in [0.4, 0.5) is 0 Å². The molecule has 5 heteroatoms.